The second kappa shape index (κ2) is 10.1. The van der Waals surface area contributed by atoms with Crippen molar-refractivity contribution in [2.24, 2.45) is 0 Å². The van der Waals surface area contributed by atoms with Gasteiger partial charge in [-0.2, -0.15) is 0 Å². The number of fused-ring (bicyclic) bond motifs is 1. The average Bonchev–Trinajstić information content (AvgIpc) is 2.79. The zero-order valence-electron chi connectivity index (χ0n) is 18.2. The topological polar surface area (TPSA) is 66.5 Å². The summed E-state index contributed by atoms with van der Waals surface area (Å²) < 4.78 is 28.2. The average molecular weight is 539 g/mol. The Morgan fingerprint density at radius 3 is 2.13 bits per heavy atom. The van der Waals surface area contributed by atoms with Crippen molar-refractivity contribution in [3.8, 4) is 23.0 Å². The Kier molecular flexibility index (Phi) is 7.53. The van der Waals surface area contributed by atoms with Gasteiger partial charge in [0, 0.05) is 9.77 Å². The first-order valence-electron chi connectivity index (χ1n) is 9.76. The Bertz CT molecular complexity index is 991. The van der Waals surface area contributed by atoms with Gasteiger partial charge in [-0.15, -0.1) is 0 Å². The highest BCUT2D eigenvalue weighted by Gasteiger charge is 2.31. The monoisotopic (exact) mass is 539 g/mol. The van der Waals surface area contributed by atoms with E-state index in [2.05, 4.69) is 22.6 Å². The van der Waals surface area contributed by atoms with Crippen LogP contribution in [0, 0.1) is 3.57 Å². The zero-order valence-corrected chi connectivity index (χ0v) is 20.4. The van der Waals surface area contributed by atoms with E-state index in [0.717, 1.165) is 20.3 Å². The molecule has 0 aromatic heterocycles. The quantitative estimate of drug-likeness (QED) is 0.459. The number of hydrogen-bond acceptors (Lipinski definition) is 6. The van der Waals surface area contributed by atoms with Gasteiger partial charge in [0.05, 0.1) is 41.1 Å². The summed E-state index contributed by atoms with van der Waals surface area (Å²) in [6.07, 6.45) is 3.78. The van der Waals surface area contributed by atoms with Crippen LogP contribution in [0.15, 0.2) is 30.5 Å². The van der Waals surface area contributed by atoms with Crippen molar-refractivity contribution in [2.45, 2.75) is 19.4 Å². The summed E-state index contributed by atoms with van der Waals surface area (Å²) in [5.74, 6) is 2.54. The molecular formula is C23H26INO6. The number of nitrogens with zero attached hydrogens (tertiary/aromatic N) is 1. The molecular weight excluding hydrogens is 513 g/mol. The lowest BCUT2D eigenvalue weighted by Gasteiger charge is -2.33. The molecule has 2 aromatic carbocycles. The van der Waals surface area contributed by atoms with Crippen LogP contribution in [0.2, 0.25) is 0 Å². The fourth-order valence-electron chi connectivity index (χ4n) is 3.61. The van der Waals surface area contributed by atoms with Gasteiger partial charge in [-0.1, -0.05) is 0 Å². The second-order valence-electron chi connectivity index (χ2n) is 6.78. The summed E-state index contributed by atoms with van der Waals surface area (Å²) >= 11 is 2.27. The van der Waals surface area contributed by atoms with E-state index in [9.17, 15) is 4.79 Å². The van der Waals surface area contributed by atoms with Gasteiger partial charge in [0.1, 0.15) is 0 Å². The van der Waals surface area contributed by atoms with Crippen LogP contribution >= 0.6 is 22.6 Å². The van der Waals surface area contributed by atoms with Gasteiger partial charge in [0.25, 0.3) is 0 Å². The van der Waals surface area contributed by atoms with Crippen LogP contribution in [0.3, 0.4) is 0 Å². The number of halogens is 1. The zero-order chi connectivity index (χ0) is 22.5. The number of ether oxygens (including phenoxy) is 5. The van der Waals surface area contributed by atoms with E-state index in [0.29, 0.717) is 36.0 Å². The maximum absolute atomic E-state index is 12.7. The van der Waals surface area contributed by atoms with Crippen LogP contribution in [-0.2, 0) is 11.2 Å². The highest BCUT2D eigenvalue weighted by atomic mass is 127. The third-order valence-corrected chi connectivity index (χ3v) is 6.15. The number of hydrogen-bond donors (Lipinski definition) is 0. The third kappa shape index (κ3) is 4.68. The smallest absolute Gasteiger partial charge is 0.414 e. The first kappa shape index (κ1) is 23.1. The van der Waals surface area contributed by atoms with Crippen LogP contribution in [0.4, 0.5) is 4.79 Å². The molecule has 0 bridgehead atoms. The first-order valence-corrected chi connectivity index (χ1v) is 10.8. The van der Waals surface area contributed by atoms with Crippen LogP contribution in [0.1, 0.15) is 29.7 Å². The summed E-state index contributed by atoms with van der Waals surface area (Å²) in [5, 5.41) is 0. The second-order valence-corrected chi connectivity index (χ2v) is 7.94. The molecule has 0 saturated carbocycles. The molecule has 2 aromatic rings. The highest BCUT2D eigenvalue weighted by molar-refractivity contribution is 14.1. The van der Waals surface area contributed by atoms with Crippen molar-refractivity contribution >= 4 is 34.8 Å². The summed E-state index contributed by atoms with van der Waals surface area (Å²) in [6.45, 7) is 2.09. The molecule has 0 N–H and O–H groups in total. The first-order chi connectivity index (χ1) is 15.0. The Hall–Kier alpha value is -2.62. The van der Waals surface area contributed by atoms with E-state index >= 15 is 0 Å². The van der Waals surface area contributed by atoms with Crippen molar-refractivity contribution in [1.29, 1.82) is 0 Å². The molecule has 0 radical (unpaired) electrons. The van der Waals surface area contributed by atoms with Gasteiger partial charge < -0.3 is 23.7 Å². The van der Waals surface area contributed by atoms with Gasteiger partial charge in [-0.25, -0.2) is 4.79 Å². The molecule has 3 rings (SSSR count). The highest BCUT2D eigenvalue weighted by Crippen LogP contribution is 2.41. The fourth-order valence-corrected chi connectivity index (χ4v) is 4.27. The number of carbonyl (C=O) groups excluding carboxylic acids is 1. The molecule has 0 aliphatic carbocycles. The predicted octanol–water partition coefficient (Wildman–Crippen LogP) is 5.05. The van der Waals surface area contributed by atoms with Crippen LogP contribution in [0.5, 0.6) is 23.0 Å². The molecule has 1 atom stereocenters. The Morgan fingerprint density at radius 1 is 0.935 bits per heavy atom. The largest absolute Gasteiger partial charge is 0.493 e. The maximum Gasteiger partial charge on any atom is 0.414 e. The Morgan fingerprint density at radius 2 is 1.52 bits per heavy atom. The lowest BCUT2D eigenvalue weighted by molar-refractivity contribution is 0.109. The molecule has 31 heavy (non-hydrogen) atoms. The standard InChI is InChI=1S/C23H26INO6/c1-6-31-23(26)25-8-7-14-10-19(27-2)21(29-4)12-16(14)18(25)9-15-11-20(28-3)22(30-5)13-17(15)24/h7-8,10-13,18H,6,9H2,1-5H3. The number of benzene rings is 2. The molecule has 1 heterocycles. The van der Waals surface area contributed by atoms with Crippen molar-refractivity contribution < 1.29 is 28.5 Å². The van der Waals surface area contributed by atoms with Gasteiger partial charge >= 0.3 is 6.09 Å². The minimum Gasteiger partial charge on any atom is -0.493 e. The molecule has 1 aliphatic heterocycles. The molecule has 166 valence electrons. The molecule has 7 nitrogen and oxygen atoms in total. The summed E-state index contributed by atoms with van der Waals surface area (Å²) in [6, 6.07) is 7.41. The molecule has 1 unspecified atom stereocenters. The molecule has 0 saturated heterocycles. The van der Waals surface area contributed by atoms with Crippen molar-refractivity contribution in [3.63, 3.8) is 0 Å². The number of methoxy groups -OCH3 is 4. The van der Waals surface area contributed by atoms with E-state index in [1.54, 1.807) is 46.5 Å². The van der Waals surface area contributed by atoms with Crippen molar-refractivity contribution in [1.82, 2.24) is 4.90 Å². The van der Waals surface area contributed by atoms with Crippen LogP contribution in [0.25, 0.3) is 6.08 Å². The van der Waals surface area contributed by atoms with E-state index in [4.69, 9.17) is 23.7 Å². The van der Waals surface area contributed by atoms with E-state index in [1.165, 1.54) is 0 Å². The van der Waals surface area contributed by atoms with E-state index in [-0.39, 0.29) is 6.04 Å². The Labute approximate surface area is 196 Å². The minimum atomic E-state index is -0.403. The summed E-state index contributed by atoms with van der Waals surface area (Å²) in [5.41, 5.74) is 2.92. The lowest BCUT2D eigenvalue weighted by atomic mass is 9.91. The summed E-state index contributed by atoms with van der Waals surface area (Å²) in [4.78, 5) is 14.4. The molecule has 0 spiro atoms. The molecule has 1 aliphatic rings. The van der Waals surface area contributed by atoms with Gasteiger partial charge in [0.15, 0.2) is 23.0 Å². The summed E-state index contributed by atoms with van der Waals surface area (Å²) in [7, 11) is 6.41. The van der Waals surface area contributed by atoms with Crippen LogP contribution < -0.4 is 18.9 Å². The number of carbonyl (C=O) groups is 1. The minimum absolute atomic E-state index is 0.294. The van der Waals surface area contributed by atoms with Crippen molar-refractivity contribution in [3.05, 3.63) is 50.7 Å². The number of rotatable bonds is 7. The lowest BCUT2D eigenvalue weighted by Crippen LogP contribution is -2.34. The number of amides is 1. The predicted molar refractivity (Wildman–Crippen MR) is 126 cm³/mol. The van der Waals surface area contributed by atoms with E-state index < -0.39 is 6.09 Å². The normalized spacial score (nSPS) is 14.6. The van der Waals surface area contributed by atoms with Crippen LogP contribution in [-0.4, -0.2) is 46.0 Å². The van der Waals surface area contributed by atoms with Crippen molar-refractivity contribution in [2.75, 3.05) is 35.0 Å². The molecule has 8 heteroatoms. The molecule has 1 amide bonds. The van der Waals surface area contributed by atoms with Gasteiger partial charge in [-0.05, 0) is 83.0 Å². The van der Waals surface area contributed by atoms with E-state index in [1.807, 2.05) is 30.3 Å². The molecule has 0 fully saturated rings. The maximum atomic E-state index is 12.7. The SMILES string of the molecule is CCOC(=O)N1C=Cc2cc(OC)c(OC)cc2C1Cc1cc(OC)c(OC)cc1I. The van der Waals surface area contributed by atoms with Gasteiger partial charge in [-0.3, -0.25) is 4.90 Å². The fraction of sp³-hybridized carbons (Fsp3) is 0.348. The Balaban J connectivity index is 2.10. The third-order valence-electron chi connectivity index (χ3n) is 5.14. The van der Waals surface area contributed by atoms with Gasteiger partial charge in [0.2, 0.25) is 0 Å².